The van der Waals surface area contributed by atoms with Gasteiger partial charge in [-0.2, -0.15) is 0 Å². The van der Waals surface area contributed by atoms with E-state index in [2.05, 4.69) is 12.2 Å². The van der Waals surface area contributed by atoms with E-state index in [1.807, 2.05) is 20.8 Å². The predicted molar refractivity (Wildman–Crippen MR) is 77.7 cm³/mol. The zero-order valence-corrected chi connectivity index (χ0v) is 13.0. The van der Waals surface area contributed by atoms with Gasteiger partial charge >= 0.3 is 0 Å². The number of nitrogens with one attached hydrogen (secondary N) is 1. The SMILES string of the molecule is CC(NC(=O)C(C)(C)C)C12CC3CC(CC(C3)C1)C2. The minimum atomic E-state index is -0.267. The van der Waals surface area contributed by atoms with E-state index < -0.39 is 0 Å². The molecule has 1 N–H and O–H groups in total. The quantitative estimate of drug-likeness (QED) is 0.807. The molecular weight excluding hydrogens is 234 g/mol. The number of rotatable bonds is 2. The molecule has 4 aliphatic carbocycles. The van der Waals surface area contributed by atoms with Crippen molar-refractivity contribution in [1.29, 1.82) is 0 Å². The smallest absolute Gasteiger partial charge is 0.225 e. The molecule has 0 spiro atoms. The molecule has 0 aromatic carbocycles. The van der Waals surface area contributed by atoms with Gasteiger partial charge in [0.15, 0.2) is 0 Å². The molecule has 0 aromatic heterocycles. The third-order valence-corrected chi connectivity index (χ3v) is 6.03. The van der Waals surface area contributed by atoms with Gasteiger partial charge in [-0.15, -0.1) is 0 Å². The molecule has 4 aliphatic rings. The van der Waals surface area contributed by atoms with Crippen LogP contribution in [0.5, 0.6) is 0 Å². The summed E-state index contributed by atoms with van der Waals surface area (Å²) in [6.07, 6.45) is 8.51. The number of carbonyl (C=O) groups excluding carboxylic acids is 1. The maximum absolute atomic E-state index is 12.3. The van der Waals surface area contributed by atoms with Crippen LogP contribution < -0.4 is 5.32 Å². The molecule has 4 fully saturated rings. The Morgan fingerprint density at radius 1 is 1.05 bits per heavy atom. The lowest BCUT2D eigenvalue weighted by molar-refractivity contribution is -0.133. The molecule has 4 saturated carbocycles. The van der Waals surface area contributed by atoms with Crippen LogP contribution in [0.2, 0.25) is 0 Å². The Morgan fingerprint density at radius 3 is 1.84 bits per heavy atom. The van der Waals surface area contributed by atoms with E-state index in [1.165, 1.54) is 38.5 Å². The van der Waals surface area contributed by atoms with Crippen LogP contribution in [0.25, 0.3) is 0 Å². The van der Waals surface area contributed by atoms with Crippen LogP contribution in [0.1, 0.15) is 66.2 Å². The van der Waals surface area contributed by atoms with Crippen molar-refractivity contribution in [3.05, 3.63) is 0 Å². The second kappa shape index (κ2) is 4.23. The molecule has 2 heteroatoms. The summed E-state index contributed by atoms with van der Waals surface area (Å²) in [5.41, 5.74) is 0.159. The second-order valence-corrected chi connectivity index (χ2v) is 8.73. The third-order valence-electron chi connectivity index (χ3n) is 6.03. The van der Waals surface area contributed by atoms with Crippen molar-refractivity contribution in [2.24, 2.45) is 28.6 Å². The fourth-order valence-electron chi connectivity index (χ4n) is 5.27. The van der Waals surface area contributed by atoms with E-state index in [-0.39, 0.29) is 11.3 Å². The van der Waals surface area contributed by atoms with Crippen LogP contribution in [0.15, 0.2) is 0 Å². The van der Waals surface area contributed by atoms with Crippen LogP contribution in [0, 0.1) is 28.6 Å². The topological polar surface area (TPSA) is 29.1 Å². The molecule has 0 radical (unpaired) electrons. The Morgan fingerprint density at radius 2 is 1.47 bits per heavy atom. The van der Waals surface area contributed by atoms with E-state index in [0.29, 0.717) is 11.5 Å². The van der Waals surface area contributed by atoms with Gasteiger partial charge in [0.05, 0.1) is 0 Å². The maximum Gasteiger partial charge on any atom is 0.225 e. The largest absolute Gasteiger partial charge is 0.353 e. The van der Waals surface area contributed by atoms with Crippen molar-refractivity contribution >= 4 is 5.91 Å². The average molecular weight is 263 g/mol. The highest BCUT2D eigenvalue weighted by atomic mass is 16.2. The first kappa shape index (κ1) is 13.5. The molecule has 0 saturated heterocycles. The van der Waals surface area contributed by atoms with E-state index in [0.717, 1.165) is 17.8 Å². The van der Waals surface area contributed by atoms with Crippen molar-refractivity contribution in [3.8, 4) is 0 Å². The van der Waals surface area contributed by atoms with Crippen LogP contribution >= 0.6 is 0 Å². The number of amides is 1. The van der Waals surface area contributed by atoms with Gasteiger partial charge in [-0.1, -0.05) is 20.8 Å². The highest BCUT2D eigenvalue weighted by molar-refractivity contribution is 5.81. The Kier molecular flexibility index (Phi) is 3.00. The Balaban J connectivity index is 1.73. The van der Waals surface area contributed by atoms with Crippen LogP contribution in [-0.4, -0.2) is 11.9 Å². The minimum Gasteiger partial charge on any atom is -0.353 e. The van der Waals surface area contributed by atoms with E-state index in [4.69, 9.17) is 0 Å². The highest BCUT2D eigenvalue weighted by Crippen LogP contribution is 2.61. The summed E-state index contributed by atoms with van der Waals surface area (Å²) in [5, 5.41) is 3.34. The lowest BCUT2D eigenvalue weighted by Crippen LogP contribution is -2.57. The van der Waals surface area contributed by atoms with E-state index >= 15 is 0 Å². The molecule has 0 aliphatic heterocycles. The van der Waals surface area contributed by atoms with Gasteiger partial charge < -0.3 is 5.32 Å². The lowest BCUT2D eigenvalue weighted by Gasteiger charge is -2.59. The zero-order chi connectivity index (χ0) is 13.8. The van der Waals surface area contributed by atoms with Crippen LogP contribution in [0.4, 0.5) is 0 Å². The molecule has 1 atom stereocenters. The van der Waals surface area contributed by atoms with Crippen LogP contribution in [-0.2, 0) is 4.79 Å². The van der Waals surface area contributed by atoms with Crippen molar-refractivity contribution in [3.63, 3.8) is 0 Å². The van der Waals surface area contributed by atoms with Gasteiger partial charge in [0.1, 0.15) is 0 Å². The number of hydrogen-bond donors (Lipinski definition) is 1. The molecule has 0 heterocycles. The van der Waals surface area contributed by atoms with Gasteiger partial charge in [-0.05, 0) is 68.6 Å². The third kappa shape index (κ3) is 2.32. The minimum absolute atomic E-state index is 0.218. The van der Waals surface area contributed by atoms with Gasteiger partial charge in [0.25, 0.3) is 0 Å². The lowest BCUT2D eigenvalue weighted by atomic mass is 9.48. The van der Waals surface area contributed by atoms with E-state index in [1.54, 1.807) is 0 Å². The molecular formula is C17H29NO. The Hall–Kier alpha value is -0.530. The molecule has 1 amide bonds. The first-order valence-corrected chi connectivity index (χ1v) is 8.09. The molecule has 0 aromatic rings. The fourth-order valence-corrected chi connectivity index (χ4v) is 5.27. The first-order chi connectivity index (χ1) is 8.78. The number of hydrogen-bond acceptors (Lipinski definition) is 1. The van der Waals surface area contributed by atoms with Crippen molar-refractivity contribution in [2.75, 3.05) is 0 Å². The highest BCUT2D eigenvalue weighted by Gasteiger charge is 2.53. The van der Waals surface area contributed by atoms with E-state index in [9.17, 15) is 4.79 Å². The van der Waals surface area contributed by atoms with Gasteiger partial charge in [-0.25, -0.2) is 0 Å². The Bertz CT molecular complexity index is 344. The molecule has 4 rings (SSSR count). The van der Waals surface area contributed by atoms with Gasteiger partial charge in [0.2, 0.25) is 5.91 Å². The standard InChI is InChI=1S/C17H29NO/c1-11(18-15(19)16(2,3)4)17-8-12-5-13(9-17)7-14(6-12)10-17/h11-14H,5-10H2,1-4H3,(H,18,19). The molecule has 1 unspecified atom stereocenters. The maximum atomic E-state index is 12.3. The number of carbonyl (C=O) groups is 1. The van der Waals surface area contributed by atoms with Crippen LogP contribution in [0.3, 0.4) is 0 Å². The predicted octanol–water partition coefficient (Wildman–Crippen LogP) is 3.75. The summed E-state index contributed by atoms with van der Waals surface area (Å²) < 4.78 is 0. The summed E-state index contributed by atoms with van der Waals surface area (Å²) in [5.74, 6) is 3.09. The van der Waals surface area contributed by atoms with Crippen molar-refractivity contribution in [2.45, 2.75) is 72.3 Å². The summed E-state index contributed by atoms with van der Waals surface area (Å²) in [6.45, 7) is 8.29. The molecule has 2 nitrogen and oxygen atoms in total. The van der Waals surface area contributed by atoms with Gasteiger partial charge in [-0.3, -0.25) is 4.79 Å². The molecule has 19 heavy (non-hydrogen) atoms. The Labute approximate surface area is 117 Å². The normalized spacial score (nSPS) is 42.2. The fraction of sp³-hybridized carbons (Fsp3) is 0.941. The average Bonchev–Trinajstić information content (AvgIpc) is 2.25. The summed E-state index contributed by atoms with van der Waals surface area (Å²) in [4.78, 5) is 12.3. The van der Waals surface area contributed by atoms with Crippen molar-refractivity contribution < 1.29 is 4.79 Å². The first-order valence-electron chi connectivity index (χ1n) is 8.09. The van der Waals surface area contributed by atoms with Crippen molar-refractivity contribution in [1.82, 2.24) is 5.32 Å². The molecule has 108 valence electrons. The summed E-state index contributed by atoms with van der Waals surface area (Å²) >= 11 is 0. The summed E-state index contributed by atoms with van der Waals surface area (Å²) in [6, 6.07) is 0.354. The second-order valence-electron chi connectivity index (χ2n) is 8.73. The summed E-state index contributed by atoms with van der Waals surface area (Å²) in [7, 11) is 0. The van der Waals surface area contributed by atoms with Gasteiger partial charge in [0, 0.05) is 11.5 Å². The monoisotopic (exact) mass is 263 g/mol. The zero-order valence-electron chi connectivity index (χ0n) is 13.0. The molecule has 4 bridgehead atoms.